The van der Waals surface area contributed by atoms with Gasteiger partial charge in [-0.1, -0.05) is 0 Å². The van der Waals surface area contributed by atoms with Crippen molar-refractivity contribution in [2.24, 2.45) is 17.5 Å². The van der Waals surface area contributed by atoms with E-state index in [-0.39, 0.29) is 40.9 Å². The Morgan fingerprint density at radius 2 is 1.33 bits per heavy atom. The van der Waals surface area contributed by atoms with Gasteiger partial charge in [-0.3, -0.25) is 31.5 Å². The number of rotatable bonds is 4. The van der Waals surface area contributed by atoms with Gasteiger partial charge in [0.25, 0.3) is 17.0 Å². The third-order valence-corrected chi connectivity index (χ3v) is 3.82. The van der Waals surface area contributed by atoms with E-state index in [2.05, 4.69) is 16.4 Å². The first-order valence-electron chi connectivity index (χ1n) is 10.0. The number of aliphatic hydroxyl groups is 1. The van der Waals surface area contributed by atoms with Crippen molar-refractivity contribution in [3.8, 4) is 0 Å². The number of nitrogens with zero attached hydrogens (tertiary/aromatic N) is 2. The number of nitrogen functional groups attached to an aromatic ring is 1. The number of esters is 1. The second-order valence-corrected chi connectivity index (χ2v) is 6.79. The highest BCUT2D eigenvalue weighted by Gasteiger charge is 2.08. The van der Waals surface area contributed by atoms with Gasteiger partial charge in [-0.25, -0.2) is 10.6 Å². The van der Waals surface area contributed by atoms with Crippen LogP contribution in [0, 0.1) is 0 Å². The number of ether oxygens (including phenoxy) is 1. The third kappa shape index (κ3) is 11.2. The molecule has 12 heteroatoms. The second kappa shape index (κ2) is 17.3. The molecule has 2 aromatic rings. The molecule has 0 aliphatic heterocycles. The minimum atomic E-state index is -0.488. The fraction of sp³-hybridized carbons (Fsp3) is 0.429. The minimum absolute atomic E-state index is 0.0810. The molecule has 0 fully saturated rings. The highest BCUT2D eigenvalue weighted by Crippen LogP contribution is 2.03. The molecule has 0 aliphatic rings. The van der Waals surface area contributed by atoms with E-state index in [9.17, 15) is 19.2 Å². The summed E-state index contributed by atoms with van der Waals surface area (Å²) in [5.41, 5.74) is 2.13. The number of hydrazine groups is 2. The molecule has 0 aromatic carbocycles. The van der Waals surface area contributed by atoms with Crippen LogP contribution >= 0.6 is 0 Å². The predicted molar refractivity (Wildman–Crippen MR) is 126 cm³/mol. The van der Waals surface area contributed by atoms with Gasteiger partial charge in [0.1, 0.15) is 0 Å². The Labute approximate surface area is 192 Å². The number of carbonyl (C=O) groups is 2. The lowest BCUT2D eigenvalue weighted by Crippen LogP contribution is -2.31. The van der Waals surface area contributed by atoms with Gasteiger partial charge >= 0.3 is 5.97 Å². The first-order valence-corrected chi connectivity index (χ1v) is 10.0. The fourth-order valence-corrected chi connectivity index (χ4v) is 2.30. The van der Waals surface area contributed by atoms with Gasteiger partial charge in [0.15, 0.2) is 0 Å². The van der Waals surface area contributed by atoms with Crippen LogP contribution in [-0.4, -0.2) is 39.8 Å². The molecule has 0 saturated heterocycles. The van der Waals surface area contributed by atoms with E-state index >= 15 is 0 Å². The number of carbonyl (C=O) groups excluding carboxylic acids is 2. The Morgan fingerprint density at radius 3 is 1.64 bits per heavy atom. The smallest absolute Gasteiger partial charge is 0.338 e. The number of pyridine rings is 2. The summed E-state index contributed by atoms with van der Waals surface area (Å²) in [5, 5.41) is 7.57. The van der Waals surface area contributed by atoms with E-state index in [1.165, 1.54) is 23.8 Å². The maximum absolute atomic E-state index is 11.5. The molecule has 186 valence electrons. The van der Waals surface area contributed by atoms with E-state index in [0.29, 0.717) is 0 Å². The molecule has 2 aromatic heterocycles. The van der Waals surface area contributed by atoms with Crippen molar-refractivity contribution in [1.29, 1.82) is 0 Å². The lowest BCUT2D eigenvalue weighted by atomic mass is 10.2. The van der Waals surface area contributed by atoms with Gasteiger partial charge in [0.05, 0.1) is 12.7 Å². The molecule has 0 aliphatic carbocycles. The minimum Gasteiger partial charge on any atom is -0.465 e. The summed E-state index contributed by atoms with van der Waals surface area (Å²) in [5.74, 6) is 12.0. The zero-order chi connectivity index (χ0) is 26.1. The summed E-state index contributed by atoms with van der Waals surface area (Å²) in [6.45, 7) is 9.52. The number of nitrogens with two attached hydrogens (primary N) is 3. The van der Waals surface area contributed by atoms with Crippen molar-refractivity contribution in [1.82, 2.24) is 14.6 Å². The summed E-state index contributed by atoms with van der Waals surface area (Å²) < 4.78 is 7.59. The number of methoxy groups -OCH3 is 1. The standard InChI is InChI=1S/C10H13NO3.C9H13N3O2.C2H6O.H4N2/c1-7(2)11-5-4-8(6-9(11)12)10(13)14-3;1-6(2)12-4-3-7(5-8(12)13)9(14)11-10;1-2-3;1-2/h4-7H,1-3H3;3-6H,10H2,1-2H3,(H,11,14);3H,2H2,1H3;1-2H2. The summed E-state index contributed by atoms with van der Waals surface area (Å²) in [7, 11) is 1.29. The highest BCUT2D eigenvalue weighted by molar-refractivity contribution is 5.93. The highest BCUT2D eigenvalue weighted by atomic mass is 16.5. The maximum atomic E-state index is 11.5. The molecule has 1 amide bonds. The molecule has 0 spiro atoms. The molecule has 0 atom stereocenters. The molecule has 0 radical (unpaired) electrons. The zero-order valence-corrected chi connectivity index (χ0v) is 19.9. The maximum Gasteiger partial charge on any atom is 0.338 e. The summed E-state index contributed by atoms with van der Waals surface area (Å²) >= 11 is 0. The van der Waals surface area contributed by atoms with Gasteiger partial charge in [-0.05, 0) is 46.8 Å². The molecule has 33 heavy (non-hydrogen) atoms. The van der Waals surface area contributed by atoms with E-state index in [0.717, 1.165) is 0 Å². The quantitative estimate of drug-likeness (QED) is 0.178. The van der Waals surface area contributed by atoms with Crippen LogP contribution in [0.25, 0.3) is 0 Å². The van der Waals surface area contributed by atoms with Gasteiger partial charge in [-0.15, -0.1) is 0 Å². The second-order valence-electron chi connectivity index (χ2n) is 6.79. The fourth-order valence-electron chi connectivity index (χ4n) is 2.30. The van der Waals surface area contributed by atoms with Gasteiger partial charge in [0, 0.05) is 48.8 Å². The Balaban J connectivity index is 0. The number of hydrogen-bond donors (Lipinski definition) is 5. The Bertz CT molecular complexity index is 891. The van der Waals surface area contributed by atoms with Crippen LogP contribution in [0.3, 0.4) is 0 Å². The van der Waals surface area contributed by atoms with Crippen molar-refractivity contribution >= 4 is 11.9 Å². The third-order valence-electron chi connectivity index (χ3n) is 3.82. The molecule has 2 heterocycles. The number of nitrogens with one attached hydrogen (secondary N) is 1. The van der Waals surface area contributed by atoms with Crippen molar-refractivity contribution in [3.63, 3.8) is 0 Å². The largest absolute Gasteiger partial charge is 0.465 e. The average molecular weight is 469 g/mol. The first-order chi connectivity index (χ1) is 15.5. The summed E-state index contributed by atoms with van der Waals surface area (Å²) in [6.07, 6.45) is 3.18. The Kier molecular flexibility index (Phi) is 16.7. The van der Waals surface area contributed by atoms with Crippen molar-refractivity contribution in [3.05, 3.63) is 68.5 Å². The number of hydrogen-bond acceptors (Lipinski definition) is 9. The van der Waals surface area contributed by atoms with E-state index in [4.69, 9.17) is 10.9 Å². The zero-order valence-electron chi connectivity index (χ0n) is 19.9. The molecule has 12 nitrogen and oxygen atoms in total. The number of amides is 1. The van der Waals surface area contributed by atoms with Crippen LogP contribution in [0.5, 0.6) is 0 Å². The summed E-state index contributed by atoms with van der Waals surface area (Å²) in [6, 6.07) is 5.86. The Hall–Kier alpha value is -3.32. The van der Waals surface area contributed by atoms with Crippen molar-refractivity contribution in [2.75, 3.05) is 13.7 Å². The van der Waals surface area contributed by atoms with Crippen LogP contribution in [0.2, 0.25) is 0 Å². The van der Waals surface area contributed by atoms with Crippen molar-refractivity contribution < 1.29 is 19.4 Å². The molecule has 0 saturated carbocycles. The molecule has 8 N–H and O–H groups in total. The summed E-state index contributed by atoms with van der Waals surface area (Å²) in [4.78, 5) is 45.0. The van der Waals surface area contributed by atoms with Gasteiger partial charge in [-0.2, -0.15) is 0 Å². The van der Waals surface area contributed by atoms with Crippen LogP contribution in [0.4, 0.5) is 0 Å². The molecular weight excluding hydrogens is 432 g/mol. The monoisotopic (exact) mass is 468 g/mol. The molecule has 2 rings (SSSR count). The average Bonchev–Trinajstić information content (AvgIpc) is 2.79. The molecular formula is C21H36N6O6. The van der Waals surface area contributed by atoms with Gasteiger partial charge < -0.3 is 19.0 Å². The lowest BCUT2D eigenvalue weighted by Gasteiger charge is -2.09. The normalized spacial score (nSPS) is 9.45. The van der Waals surface area contributed by atoms with Crippen molar-refractivity contribution in [2.45, 2.75) is 46.7 Å². The number of aliphatic hydroxyl groups excluding tert-OH is 1. The van der Waals surface area contributed by atoms with Crippen LogP contribution in [0.15, 0.2) is 46.2 Å². The SMILES string of the molecule is CC(C)n1ccc(C(=O)NN)cc1=O.CCO.COC(=O)c1ccn(C(C)C)c(=O)c1.NN. The molecule has 0 bridgehead atoms. The van der Waals surface area contributed by atoms with E-state index in [1.807, 2.05) is 33.1 Å². The van der Waals surface area contributed by atoms with Crippen LogP contribution < -0.4 is 34.1 Å². The van der Waals surface area contributed by atoms with Crippen LogP contribution in [-0.2, 0) is 4.74 Å². The lowest BCUT2D eigenvalue weighted by molar-refractivity contribution is 0.0600. The molecule has 0 unspecified atom stereocenters. The van der Waals surface area contributed by atoms with E-state index in [1.54, 1.807) is 36.0 Å². The van der Waals surface area contributed by atoms with E-state index < -0.39 is 11.9 Å². The predicted octanol–water partition coefficient (Wildman–Crippen LogP) is 0.0659. The van der Waals surface area contributed by atoms with Gasteiger partial charge in [0.2, 0.25) is 0 Å². The Morgan fingerprint density at radius 1 is 0.970 bits per heavy atom. The van der Waals surface area contributed by atoms with Crippen LogP contribution in [0.1, 0.15) is 67.4 Å². The number of aromatic nitrogens is 2. The first kappa shape index (κ1) is 31.9. The topological polar surface area (TPSA) is 198 Å².